The minimum absolute atomic E-state index is 0.0455. The standard InChI is InChI=1S/C17H9ClN4O2/c18-17-20-14-11(6-8-21(14)10-4-2-1-3-5-10)15-19-12-7-9-24-13(12)16(23)22(15)17/h1-9H. The Balaban J connectivity index is 1.97. The van der Waals surface area contributed by atoms with Crippen LogP contribution < -0.4 is 5.56 Å². The van der Waals surface area contributed by atoms with Crippen molar-refractivity contribution >= 4 is 39.4 Å². The zero-order valence-corrected chi connectivity index (χ0v) is 12.9. The summed E-state index contributed by atoms with van der Waals surface area (Å²) in [6.45, 7) is 0. The second-order valence-corrected chi connectivity index (χ2v) is 5.69. The molecule has 1 aromatic carbocycles. The third kappa shape index (κ3) is 1.68. The number of benzene rings is 1. The zero-order chi connectivity index (χ0) is 16.3. The van der Waals surface area contributed by atoms with Crippen molar-refractivity contribution in [2.24, 2.45) is 0 Å². The maximum atomic E-state index is 12.6. The predicted octanol–water partition coefficient (Wildman–Crippen LogP) is 3.43. The minimum atomic E-state index is -0.369. The van der Waals surface area contributed by atoms with Gasteiger partial charge in [0.2, 0.25) is 10.9 Å². The van der Waals surface area contributed by atoms with Crippen molar-refractivity contribution < 1.29 is 4.42 Å². The van der Waals surface area contributed by atoms with Crippen LogP contribution in [-0.2, 0) is 0 Å². The highest BCUT2D eigenvalue weighted by atomic mass is 35.5. The van der Waals surface area contributed by atoms with E-state index in [4.69, 9.17) is 16.0 Å². The number of furan rings is 1. The van der Waals surface area contributed by atoms with Crippen LogP contribution in [0, 0.1) is 0 Å². The maximum absolute atomic E-state index is 12.6. The van der Waals surface area contributed by atoms with Gasteiger partial charge >= 0.3 is 5.56 Å². The molecule has 0 saturated heterocycles. The quantitative estimate of drug-likeness (QED) is 0.440. The van der Waals surface area contributed by atoms with Crippen molar-refractivity contribution in [3.63, 3.8) is 0 Å². The molecule has 0 fully saturated rings. The summed E-state index contributed by atoms with van der Waals surface area (Å²) in [5.41, 5.74) is 2.34. The van der Waals surface area contributed by atoms with E-state index in [1.807, 2.05) is 47.2 Å². The third-order valence-electron chi connectivity index (χ3n) is 4.00. The SMILES string of the molecule is O=c1c2occc2nc2c3ccn(-c4ccccc4)c3nc(Cl)n12. The minimum Gasteiger partial charge on any atom is -0.457 e. The molecular weight excluding hydrogens is 328 g/mol. The van der Waals surface area contributed by atoms with Crippen LogP contribution in [0.5, 0.6) is 0 Å². The lowest BCUT2D eigenvalue weighted by Crippen LogP contribution is -2.16. The molecule has 0 atom stereocenters. The summed E-state index contributed by atoms with van der Waals surface area (Å²) in [4.78, 5) is 21.5. The highest BCUT2D eigenvalue weighted by Crippen LogP contribution is 2.25. The summed E-state index contributed by atoms with van der Waals surface area (Å²) in [5, 5.41) is 0.785. The molecule has 4 heterocycles. The Morgan fingerprint density at radius 1 is 1.00 bits per heavy atom. The van der Waals surface area contributed by atoms with E-state index in [0.717, 1.165) is 11.1 Å². The highest BCUT2D eigenvalue weighted by Gasteiger charge is 2.17. The van der Waals surface area contributed by atoms with Gasteiger partial charge in [-0.2, -0.15) is 0 Å². The molecule has 0 unspecified atom stereocenters. The molecule has 0 bridgehead atoms. The average Bonchev–Trinajstić information content (AvgIpc) is 3.22. The summed E-state index contributed by atoms with van der Waals surface area (Å²) in [7, 11) is 0. The number of aromatic nitrogens is 4. The van der Waals surface area contributed by atoms with Crippen molar-refractivity contribution in [3.05, 3.63) is 70.6 Å². The summed E-state index contributed by atoms with van der Waals surface area (Å²) in [6.07, 6.45) is 3.32. The number of fused-ring (bicyclic) bond motifs is 4. The molecule has 5 aromatic rings. The van der Waals surface area contributed by atoms with E-state index in [0.29, 0.717) is 16.8 Å². The van der Waals surface area contributed by atoms with E-state index in [1.54, 1.807) is 6.07 Å². The van der Waals surface area contributed by atoms with Gasteiger partial charge in [0.1, 0.15) is 5.52 Å². The molecule has 6 nitrogen and oxygen atoms in total. The van der Waals surface area contributed by atoms with Crippen molar-refractivity contribution in [1.29, 1.82) is 0 Å². The van der Waals surface area contributed by atoms with Gasteiger partial charge in [-0.15, -0.1) is 0 Å². The Hall–Kier alpha value is -3.12. The lowest BCUT2D eigenvalue weighted by molar-refractivity contribution is 0.608. The Morgan fingerprint density at radius 2 is 1.83 bits per heavy atom. The fourth-order valence-corrected chi connectivity index (χ4v) is 3.15. The van der Waals surface area contributed by atoms with Gasteiger partial charge in [0.25, 0.3) is 0 Å². The van der Waals surface area contributed by atoms with Gasteiger partial charge in [0.05, 0.1) is 11.6 Å². The topological polar surface area (TPSA) is 65.3 Å². The summed E-state index contributed by atoms with van der Waals surface area (Å²) in [6, 6.07) is 13.3. The van der Waals surface area contributed by atoms with Gasteiger partial charge in [0, 0.05) is 18.0 Å². The van der Waals surface area contributed by atoms with E-state index in [1.165, 1.54) is 10.7 Å². The summed E-state index contributed by atoms with van der Waals surface area (Å²) >= 11 is 6.28. The summed E-state index contributed by atoms with van der Waals surface area (Å²) in [5.74, 6) is 0. The molecule has 0 aliphatic rings. The second kappa shape index (κ2) is 4.69. The van der Waals surface area contributed by atoms with Crippen LogP contribution in [0.25, 0.3) is 33.5 Å². The predicted molar refractivity (Wildman–Crippen MR) is 90.9 cm³/mol. The van der Waals surface area contributed by atoms with Crippen molar-refractivity contribution in [2.75, 3.05) is 0 Å². The molecule has 0 radical (unpaired) electrons. The van der Waals surface area contributed by atoms with E-state index in [9.17, 15) is 4.79 Å². The normalized spacial score (nSPS) is 11.7. The number of para-hydroxylation sites is 1. The van der Waals surface area contributed by atoms with Crippen LogP contribution in [-0.4, -0.2) is 18.9 Å². The van der Waals surface area contributed by atoms with Crippen LogP contribution in [0.15, 0.2) is 64.1 Å². The molecule has 0 N–H and O–H groups in total. The molecule has 7 heteroatoms. The van der Waals surface area contributed by atoms with E-state index < -0.39 is 0 Å². The lowest BCUT2D eigenvalue weighted by atomic mass is 10.3. The monoisotopic (exact) mass is 336 g/mol. The molecule has 0 spiro atoms. The molecule has 0 amide bonds. The molecule has 4 aromatic heterocycles. The maximum Gasteiger partial charge on any atom is 0.303 e. The Bertz CT molecular complexity index is 1280. The van der Waals surface area contributed by atoms with Gasteiger partial charge < -0.3 is 8.98 Å². The number of hydrogen-bond acceptors (Lipinski definition) is 4. The molecule has 0 aliphatic carbocycles. The van der Waals surface area contributed by atoms with E-state index in [2.05, 4.69) is 9.97 Å². The van der Waals surface area contributed by atoms with Crippen molar-refractivity contribution in [3.8, 4) is 5.69 Å². The first-order chi connectivity index (χ1) is 11.7. The van der Waals surface area contributed by atoms with Crippen LogP contribution in [0.2, 0.25) is 5.28 Å². The molecular formula is C17H9ClN4O2. The Kier molecular flexibility index (Phi) is 2.60. The van der Waals surface area contributed by atoms with Crippen LogP contribution in [0.1, 0.15) is 0 Å². The molecule has 24 heavy (non-hydrogen) atoms. The molecule has 5 rings (SSSR count). The number of hydrogen-bond donors (Lipinski definition) is 0. The Morgan fingerprint density at radius 3 is 2.67 bits per heavy atom. The van der Waals surface area contributed by atoms with Gasteiger partial charge in [-0.1, -0.05) is 18.2 Å². The van der Waals surface area contributed by atoms with Gasteiger partial charge in [-0.25, -0.2) is 14.4 Å². The number of nitrogens with zero attached hydrogens (tertiary/aromatic N) is 4. The first-order valence-corrected chi connectivity index (χ1v) is 7.64. The Labute approximate surface area is 139 Å². The van der Waals surface area contributed by atoms with Gasteiger partial charge in [0.15, 0.2) is 11.3 Å². The fourth-order valence-electron chi connectivity index (χ4n) is 2.91. The molecule has 116 valence electrons. The number of halogens is 1. The van der Waals surface area contributed by atoms with Crippen LogP contribution in [0.3, 0.4) is 0 Å². The van der Waals surface area contributed by atoms with Crippen LogP contribution in [0.4, 0.5) is 0 Å². The van der Waals surface area contributed by atoms with Gasteiger partial charge in [-0.3, -0.25) is 4.79 Å². The van der Waals surface area contributed by atoms with E-state index in [-0.39, 0.29) is 16.4 Å². The highest BCUT2D eigenvalue weighted by molar-refractivity contribution is 6.29. The molecule has 0 saturated carbocycles. The fraction of sp³-hybridized carbons (Fsp3) is 0. The number of rotatable bonds is 1. The largest absolute Gasteiger partial charge is 0.457 e. The van der Waals surface area contributed by atoms with Gasteiger partial charge in [-0.05, 0) is 29.8 Å². The lowest BCUT2D eigenvalue weighted by Gasteiger charge is -2.07. The second-order valence-electron chi connectivity index (χ2n) is 5.35. The van der Waals surface area contributed by atoms with E-state index >= 15 is 0 Å². The molecule has 0 aliphatic heterocycles. The third-order valence-corrected chi connectivity index (χ3v) is 4.25. The smallest absolute Gasteiger partial charge is 0.303 e. The first kappa shape index (κ1) is 13.3. The van der Waals surface area contributed by atoms with Crippen LogP contribution >= 0.6 is 11.6 Å². The average molecular weight is 337 g/mol. The van der Waals surface area contributed by atoms with Crippen molar-refractivity contribution in [1.82, 2.24) is 18.9 Å². The first-order valence-electron chi connectivity index (χ1n) is 7.26. The van der Waals surface area contributed by atoms with Crippen molar-refractivity contribution in [2.45, 2.75) is 0 Å². The zero-order valence-electron chi connectivity index (χ0n) is 12.2. The summed E-state index contributed by atoms with van der Waals surface area (Å²) < 4.78 is 8.39.